The highest BCUT2D eigenvalue weighted by Crippen LogP contribution is 2.21. The van der Waals surface area contributed by atoms with Crippen LogP contribution in [0.5, 0.6) is 0 Å². The Kier molecular flexibility index (Phi) is 6.36. The number of benzene rings is 1. The molecule has 0 aliphatic heterocycles. The zero-order valence-corrected chi connectivity index (χ0v) is 14.2. The van der Waals surface area contributed by atoms with Crippen molar-refractivity contribution in [2.75, 3.05) is 11.9 Å². The van der Waals surface area contributed by atoms with Crippen LogP contribution in [0.3, 0.4) is 0 Å². The first kappa shape index (κ1) is 16.0. The third-order valence-electron chi connectivity index (χ3n) is 3.72. The van der Waals surface area contributed by atoms with E-state index in [0.717, 1.165) is 4.47 Å². The van der Waals surface area contributed by atoms with Gasteiger partial charge < -0.3 is 4.90 Å². The molecule has 2 heteroatoms. The molecular weight excluding hydrogens is 298 g/mol. The Morgan fingerprint density at radius 1 is 1.21 bits per heavy atom. The maximum Gasteiger partial charge on any atom is 0.0406 e. The van der Waals surface area contributed by atoms with E-state index in [-0.39, 0.29) is 0 Å². The average Bonchev–Trinajstić information content (AvgIpc) is 2.43. The highest BCUT2D eigenvalue weighted by molar-refractivity contribution is 9.10. The summed E-state index contributed by atoms with van der Waals surface area (Å²) in [6.45, 7) is 8.85. The number of allylic oxidation sites excluding steroid dienone is 4. The average molecular weight is 322 g/mol. The van der Waals surface area contributed by atoms with Crippen molar-refractivity contribution in [1.29, 1.82) is 0 Å². The molecule has 1 nitrogen and oxygen atoms in total. The molecule has 0 N–H and O–H groups in total. The minimum atomic E-state index is 0.655. The van der Waals surface area contributed by atoms with Crippen LogP contribution in [-0.2, 0) is 0 Å². The van der Waals surface area contributed by atoms with Crippen LogP contribution in [0.25, 0.3) is 0 Å². The van der Waals surface area contributed by atoms with Crippen LogP contribution in [0.2, 0.25) is 0 Å². The van der Waals surface area contributed by atoms with E-state index in [1.807, 2.05) is 0 Å². The molecule has 0 radical (unpaired) electrons. The third-order valence-corrected chi connectivity index (χ3v) is 4.25. The molecule has 19 heavy (non-hydrogen) atoms. The molecular formula is C17H24BrN. The van der Waals surface area contributed by atoms with Crippen LogP contribution in [0.1, 0.15) is 34.1 Å². The first-order valence-corrected chi connectivity index (χ1v) is 7.59. The number of nitrogens with zero attached hydrogens (tertiary/aromatic N) is 1. The van der Waals surface area contributed by atoms with E-state index in [0.29, 0.717) is 5.92 Å². The van der Waals surface area contributed by atoms with Crippen molar-refractivity contribution >= 4 is 21.6 Å². The highest BCUT2D eigenvalue weighted by Gasteiger charge is 2.03. The summed E-state index contributed by atoms with van der Waals surface area (Å²) in [5.41, 5.74) is 3.88. The Morgan fingerprint density at radius 3 is 2.32 bits per heavy atom. The molecule has 0 aromatic heterocycles. The Hall–Kier alpha value is -1.02. The largest absolute Gasteiger partial charge is 0.348 e. The molecule has 104 valence electrons. The van der Waals surface area contributed by atoms with Crippen molar-refractivity contribution in [3.8, 4) is 0 Å². The van der Waals surface area contributed by atoms with E-state index in [1.54, 1.807) is 0 Å². The number of halogens is 1. The van der Waals surface area contributed by atoms with E-state index in [2.05, 4.69) is 92.0 Å². The summed E-state index contributed by atoms with van der Waals surface area (Å²) < 4.78 is 1.11. The maximum atomic E-state index is 3.46. The van der Waals surface area contributed by atoms with Gasteiger partial charge in [-0.2, -0.15) is 0 Å². The van der Waals surface area contributed by atoms with Gasteiger partial charge in [-0.15, -0.1) is 0 Å². The first-order chi connectivity index (χ1) is 8.95. The van der Waals surface area contributed by atoms with Crippen molar-refractivity contribution in [3.05, 3.63) is 52.2 Å². The Balaban J connectivity index is 2.82. The van der Waals surface area contributed by atoms with E-state index in [9.17, 15) is 0 Å². The fraction of sp³-hybridized carbons (Fsp3) is 0.412. The van der Waals surface area contributed by atoms with Gasteiger partial charge in [0, 0.05) is 22.9 Å². The molecule has 0 saturated heterocycles. The quantitative estimate of drug-likeness (QED) is 0.621. The maximum absolute atomic E-state index is 3.46. The van der Waals surface area contributed by atoms with Crippen molar-refractivity contribution < 1.29 is 0 Å². The lowest BCUT2D eigenvalue weighted by atomic mass is 10.00. The van der Waals surface area contributed by atoms with E-state index in [1.165, 1.54) is 23.4 Å². The number of anilines is 1. The summed E-state index contributed by atoms with van der Waals surface area (Å²) in [7, 11) is 2.10. The molecule has 0 saturated carbocycles. The van der Waals surface area contributed by atoms with Crippen LogP contribution < -0.4 is 4.90 Å². The van der Waals surface area contributed by atoms with Gasteiger partial charge in [-0.05, 0) is 56.5 Å². The van der Waals surface area contributed by atoms with Crippen LogP contribution >= 0.6 is 15.9 Å². The second-order valence-corrected chi connectivity index (χ2v) is 5.98. The number of hydrogen-bond acceptors (Lipinski definition) is 1. The topological polar surface area (TPSA) is 3.24 Å². The molecule has 1 aromatic rings. The van der Waals surface area contributed by atoms with Crippen molar-refractivity contribution in [3.63, 3.8) is 0 Å². The minimum Gasteiger partial charge on any atom is -0.348 e. The summed E-state index contributed by atoms with van der Waals surface area (Å²) in [6.07, 6.45) is 5.63. The lowest BCUT2D eigenvalue weighted by Gasteiger charge is -2.20. The summed E-state index contributed by atoms with van der Waals surface area (Å²) in [5, 5.41) is 0. The molecule has 1 unspecified atom stereocenters. The van der Waals surface area contributed by atoms with Crippen LogP contribution in [-0.4, -0.2) is 7.05 Å². The summed E-state index contributed by atoms with van der Waals surface area (Å²) in [4.78, 5) is 2.20. The second kappa shape index (κ2) is 7.54. The van der Waals surface area contributed by atoms with Gasteiger partial charge in [0.1, 0.15) is 0 Å². The van der Waals surface area contributed by atoms with Crippen LogP contribution in [0.4, 0.5) is 5.69 Å². The lowest BCUT2D eigenvalue weighted by molar-refractivity contribution is 0.655. The van der Waals surface area contributed by atoms with Gasteiger partial charge in [-0.3, -0.25) is 0 Å². The third kappa shape index (κ3) is 4.87. The normalized spacial score (nSPS) is 14.4. The van der Waals surface area contributed by atoms with Crippen LogP contribution in [0, 0.1) is 5.92 Å². The molecule has 0 aliphatic carbocycles. The van der Waals surface area contributed by atoms with Gasteiger partial charge >= 0.3 is 0 Å². The number of rotatable bonds is 5. The Labute approximate surface area is 126 Å². The molecule has 1 atom stereocenters. The van der Waals surface area contributed by atoms with E-state index in [4.69, 9.17) is 0 Å². The molecule has 1 rings (SSSR count). The number of hydrogen-bond donors (Lipinski definition) is 0. The smallest absolute Gasteiger partial charge is 0.0406 e. The lowest BCUT2D eigenvalue weighted by Crippen LogP contribution is -2.13. The van der Waals surface area contributed by atoms with Gasteiger partial charge in [0.25, 0.3) is 0 Å². The van der Waals surface area contributed by atoms with Gasteiger partial charge in [-0.25, -0.2) is 0 Å². The van der Waals surface area contributed by atoms with Gasteiger partial charge in [-0.1, -0.05) is 41.4 Å². The molecule has 0 amide bonds. The molecule has 0 heterocycles. The summed E-state index contributed by atoms with van der Waals surface area (Å²) in [5.74, 6) is 0.655. The molecule has 1 aromatic carbocycles. The summed E-state index contributed by atoms with van der Waals surface area (Å²) >= 11 is 3.46. The zero-order chi connectivity index (χ0) is 14.4. The molecule has 0 spiro atoms. The Bertz CT molecular complexity index is 457. The monoisotopic (exact) mass is 321 g/mol. The van der Waals surface area contributed by atoms with E-state index >= 15 is 0 Å². The van der Waals surface area contributed by atoms with Crippen molar-refractivity contribution in [2.24, 2.45) is 5.92 Å². The van der Waals surface area contributed by atoms with Crippen molar-refractivity contribution in [2.45, 2.75) is 34.1 Å². The predicted octanol–water partition coefficient (Wildman–Crippen LogP) is 5.78. The standard InChI is InChI=1S/C17H24BrN/c1-6-13(2)14(3)7-8-15(4)19(5)17-11-9-16(18)10-12-17/h7-13H,6H2,1-5H3. The van der Waals surface area contributed by atoms with E-state index < -0.39 is 0 Å². The molecule has 0 fully saturated rings. The SMILES string of the molecule is CCC(C)C(C)=CC=C(C)N(C)c1ccc(Br)cc1. The fourth-order valence-electron chi connectivity index (χ4n) is 1.72. The predicted molar refractivity (Wildman–Crippen MR) is 89.5 cm³/mol. The molecule has 0 bridgehead atoms. The second-order valence-electron chi connectivity index (χ2n) is 5.06. The zero-order valence-electron chi connectivity index (χ0n) is 12.6. The Morgan fingerprint density at radius 2 is 1.79 bits per heavy atom. The van der Waals surface area contributed by atoms with Crippen molar-refractivity contribution in [1.82, 2.24) is 0 Å². The highest BCUT2D eigenvalue weighted by atomic mass is 79.9. The van der Waals surface area contributed by atoms with Crippen LogP contribution in [0.15, 0.2) is 52.2 Å². The van der Waals surface area contributed by atoms with Gasteiger partial charge in [0.2, 0.25) is 0 Å². The van der Waals surface area contributed by atoms with Gasteiger partial charge in [0.05, 0.1) is 0 Å². The van der Waals surface area contributed by atoms with Gasteiger partial charge in [0.15, 0.2) is 0 Å². The fourth-order valence-corrected chi connectivity index (χ4v) is 1.98. The minimum absolute atomic E-state index is 0.655. The first-order valence-electron chi connectivity index (χ1n) is 6.80. The summed E-state index contributed by atoms with van der Waals surface area (Å²) in [6, 6.07) is 8.37. The molecule has 0 aliphatic rings.